The summed E-state index contributed by atoms with van der Waals surface area (Å²) in [6, 6.07) is 14.2. The molecule has 0 amide bonds. The third kappa shape index (κ3) is 4.90. The maximum atomic E-state index is 12.2. The van der Waals surface area contributed by atoms with E-state index in [2.05, 4.69) is 21.2 Å². The second-order valence-corrected chi connectivity index (χ2v) is 6.95. The summed E-state index contributed by atoms with van der Waals surface area (Å²) in [5.74, 6) is -0.563. The lowest BCUT2D eigenvalue weighted by atomic mass is 10.0. The van der Waals surface area contributed by atoms with E-state index in [4.69, 9.17) is 4.74 Å². The molecule has 0 aliphatic carbocycles. The molecule has 2 aromatic rings. The van der Waals surface area contributed by atoms with Crippen LogP contribution in [0.15, 0.2) is 48.5 Å². The molecule has 140 valence electrons. The summed E-state index contributed by atoms with van der Waals surface area (Å²) in [5, 5.41) is 3.35. The van der Waals surface area contributed by atoms with E-state index in [0.29, 0.717) is 16.5 Å². The SMILES string of the molecule is O=C(CBr)c1ccc(-c2ccc(C(=O)COC(=O)C3CCCN3)cc2)cc1. The van der Waals surface area contributed by atoms with E-state index < -0.39 is 0 Å². The maximum absolute atomic E-state index is 12.2. The predicted molar refractivity (Wildman–Crippen MR) is 106 cm³/mol. The summed E-state index contributed by atoms with van der Waals surface area (Å²) in [6.45, 7) is 0.556. The summed E-state index contributed by atoms with van der Waals surface area (Å²) in [4.78, 5) is 35.7. The van der Waals surface area contributed by atoms with E-state index in [-0.39, 0.29) is 30.2 Å². The Hall–Kier alpha value is -2.31. The number of alkyl halides is 1. The molecule has 1 heterocycles. The van der Waals surface area contributed by atoms with Gasteiger partial charge in [0, 0.05) is 11.1 Å². The highest BCUT2D eigenvalue weighted by Gasteiger charge is 2.24. The van der Waals surface area contributed by atoms with Crippen molar-refractivity contribution in [2.24, 2.45) is 0 Å². The summed E-state index contributed by atoms with van der Waals surface area (Å²) in [7, 11) is 0. The van der Waals surface area contributed by atoms with Gasteiger partial charge in [-0.1, -0.05) is 64.5 Å². The fourth-order valence-corrected chi connectivity index (χ4v) is 3.30. The van der Waals surface area contributed by atoms with Crippen LogP contribution in [-0.2, 0) is 9.53 Å². The summed E-state index contributed by atoms with van der Waals surface area (Å²) < 4.78 is 5.12. The van der Waals surface area contributed by atoms with Crippen LogP contribution in [0.4, 0.5) is 0 Å². The molecule has 1 aliphatic heterocycles. The van der Waals surface area contributed by atoms with Crippen LogP contribution >= 0.6 is 15.9 Å². The molecule has 1 atom stereocenters. The van der Waals surface area contributed by atoms with Crippen molar-refractivity contribution in [2.45, 2.75) is 18.9 Å². The van der Waals surface area contributed by atoms with Crippen molar-refractivity contribution < 1.29 is 19.1 Å². The van der Waals surface area contributed by atoms with Gasteiger partial charge in [0.25, 0.3) is 0 Å². The molecule has 0 saturated carbocycles. The number of hydrogen-bond donors (Lipinski definition) is 1. The average Bonchev–Trinajstić information content (AvgIpc) is 3.26. The summed E-state index contributed by atoms with van der Waals surface area (Å²) >= 11 is 3.16. The first-order chi connectivity index (χ1) is 13.1. The van der Waals surface area contributed by atoms with Crippen molar-refractivity contribution in [3.05, 3.63) is 59.7 Å². The molecule has 6 heteroatoms. The van der Waals surface area contributed by atoms with Gasteiger partial charge in [-0.15, -0.1) is 0 Å². The first-order valence-electron chi connectivity index (χ1n) is 8.81. The molecule has 1 unspecified atom stereocenters. The number of Topliss-reactive ketones (excluding diaryl/α,β-unsaturated/α-hetero) is 2. The van der Waals surface area contributed by atoms with Crippen molar-refractivity contribution in [3.63, 3.8) is 0 Å². The van der Waals surface area contributed by atoms with Gasteiger partial charge in [0.15, 0.2) is 18.2 Å². The number of carbonyl (C=O) groups is 3. The van der Waals surface area contributed by atoms with E-state index in [1.165, 1.54) is 0 Å². The minimum Gasteiger partial charge on any atom is -0.456 e. The Bertz CT molecular complexity index is 824. The van der Waals surface area contributed by atoms with Crippen LogP contribution in [0.5, 0.6) is 0 Å². The number of halogens is 1. The van der Waals surface area contributed by atoms with E-state index in [9.17, 15) is 14.4 Å². The Kier molecular flexibility index (Phi) is 6.53. The number of carbonyl (C=O) groups excluding carboxylic acids is 3. The number of ketones is 2. The van der Waals surface area contributed by atoms with E-state index in [1.54, 1.807) is 24.3 Å². The third-order valence-corrected chi connectivity index (χ3v) is 5.07. The predicted octanol–water partition coefficient (Wildman–Crippen LogP) is 3.41. The third-order valence-electron chi connectivity index (χ3n) is 4.56. The van der Waals surface area contributed by atoms with Gasteiger partial charge in [-0.05, 0) is 30.5 Å². The molecule has 3 rings (SSSR count). The van der Waals surface area contributed by atoms with Gasteiger partial charge in [-0.3, -0.25) is 14.4 Å². The number of rotatable bonds is 7. The van der Waals surface area contributed by atoms with Gasteiger partial charge in [0.05, 0.1) is 5.33 Å². The average molecular weight is 430 g/mol. The van der Waals surface area contributed by atoms with E-state index in [0.717, 1.165) is 30.5 Å². The van der Waals surface area contributed by atoms with Crippen molar-refractivity contribution in [1.29, 1.82) is 0 Å². The summed E-state index contributed by atoms with van der Waals surface area (Å²) in [6.07, 6.45) is 1.70. The standard InChI is InChI=1S/C21H20BrNO4/c22-12-19(24)16-7-3-14(4-8-16)15-5-9-17(10-6-15)20(25)13-27-21(26)18-2-1-11-23-18/h3-10,18,23H,1-2,11-13H2. The van der Waals surface area contributed by atoms with Crippen molar-refractivity contribution in [3.8, 4) is 11.1 Å². The largest absolute Gasteiger partial charge is 0.456 e. The number of hydrogen-bond acceptors (Lipinski definition) is 5. The van der Waals surface area contributed by atoms with Crippen LogP contribution in [0.1, 0.15) is 33.6 Å². The van der Waals surface area contributed by atoms with Gasteiger partial charge >= 0.3 is 5.97 Å². The second-order valence-electron chi connectivity index (χ2n) is 6.39. The van der Waals surface area contributed by atoms with Gasteiger partial charge in [-0.2, -0.15) is 0 Å². The Morgan fingerprint density at radius 2 is 1.48 bits per heavy atom. The van der Waals surface area contributed by atoms with Crippen LogP contribution in [-0.4, -0.2) is 42.1 Å². The molecule has 2 aromatic carbocycles. The van der Waals surface area contributed by atoms with Gasteiger partial charge in [0.2, 0.25) is 0 Å². The van der Waals surface area contributed by atoms with Crippen LogP contribution in [0.3, 0.4) is 0 Å². The lowest BCUT2D eigenvalue weighted by Crippen LogP contribution is -2.33. The highest BCUT2D eigenvalue weighted by Crippen LogP contribution is 2.21. The van der Waals surface area contributed by atoms with Crippen molar-refractivity contribution in [1.82, 2.24) is 5.32 Å². The highest BCUT2D eigenvalue weighted by molar-refractivity contribution is 9.09. The fraction of sp³-hybridized carbons (Fsp3) is 0.286. The zero-order valence-corrected chi connectivity index (χ0v) is 16.3. The number of benzene rings is 2. The molecule has 1 saturated heterocycles. The van der Waals surface area contributed by atoms with Crippen LogP contribution in [0.25, 0.3) is 11.1 Å². The number of ether oxygens (including phenoxy) is 1. The first kappa shape index (κ1) is 19.5. The minimum atomic E-state index is -0.365. The Morgan fingerprint density at radius 1 is 0.926 bits per heavy atom. The molecule has 0 aromatic heterocycles. The Labute approximate surface area is 166 Å². The topological polar surface area (TPSA) is 72.5 Å². The van der Waals surface area contributed by atoms with E-state index >= 15 is 0 Å². The second kappa shape index (κ2) is 9.06. The quantitative estimate of drug-likeness (QED) is 0.414. The van der Waals surface area contributed by atoms with Crippen molar-refractivity contribution in [2.75, 3.05) is 18.5 Å². The van der Waals surface area contributed by atoms with Crippen LogP contribution < -0.4 is 5.32 Å². The lowest BCUT2D eigenvalue weighted by molar-refractivity contribution is -0.144. The molecule has 5 nitrogen and oxygen atoms in total. The highest BCUT2D eigenvalue weighted by atomic mass is 79.9. The Morgan fingerprint density at radius 3 is 1.96 bits per heavy atom. The molecular formula is C21H20BrNO4. The molecule has 0 bridgehead atoms. The molecule has 0 radical (unpaired) electrons. The Balaban J connectivity index is 1.60. The van der Waals surface area contributed by atoms with Gasteiger partial charge in [-0.25, -0.2) is 0 Å². The molecule has 27 heavy (non-hydrogen) atoms. The minimum absolute atomic E-state index is 0.0323. The zero-order valence-electron chi connectivity index (χ0n) is 14.7. The van der Waals surface area contributed by atoms with Crippen LogP contribution in [0, 0.1) is 0 Å². The molecule has 0 spiro atoms. The normalized spacial score (nSPS) is 16.1. The molecular weight excluding hydrogens is 410 g/mol. The number of nitrogens with one attached hydrogen (secondary N) is 1. The van der Waals surface area contributed by atoms with Gasteiger partial charge in [0.1, 0.15) is 6.04 Å². The lowest BCUT2D eigenvalue weighted by Gasteiger charge is -2.10. The monoisotopic (exact) mass is 429 g/mol. The smallest absolute Gasteiger partial charge is 0.323 e. The molecule has 1 aliphatic rings. The maximum Gasteiger partial charge on any atom is 0.323 e. The van der Waals surface area contributed by atoms with Crippen molar-refractivity contribution >= 4 is 33.5 Å². The molecule has 1 N–H and O–H groups in total. The van der Waals surface area contributed by atoms with Crippen LogP contribution in [0.2, 0.25) is 0 Å². The van der Waals surface area contributed by atoms with Gasteiger partial charge < -0.3 is 10.1 Å². The number of esters is 1. The summed E-state index contributed by atoms with van der Waals surface area (Å²) in [5.41, 5.74) is 3.05. The first-order valence-corrected chi connectivity index (χ1v) is 9.93. The van der Waals surface area contributed by atoms with E-state index in [1.807, 2.05) is 24.3 Å². The zero-order chi connectivity index (χ0) is 19.2. The fourth-order valence-electron chi connectivity index (χ4n) is 2.98. The molecule has 1 fully saturated rings.